The molecule has 0 aromatic carbocycles. The fourth-order valence-corrected chi connectivity index (χ4v) is 2.08. The molecule has 1 saturated heterocycles. The highest BCUT2D eigenvalue weighted by Gasteiger charge is 2.35. The van der Waals surface area contributed by atoms with Crippen molar-refractivity contribution >= 4 is 10.0 Å². The van der Waals surface area contributed by atoms with E-state index in [4.69, 9.17) is 10.9 Å². The van der Waals surface area contributed by atoms with Crippen LogP contribution in [0.15, 0.2) is 0 Å². The van der Waals surface area contributed by atoms with Crippen LogP contribution in [0.1, 0.15) is 0 Å². The van der Waals surface area contributed by atoms with Gasteiger partial charge < -0.3 is 5.11 Å². The van der Waals surface area contributed by atoms with E-state index in [1.54, 1.807) is 0 Å². The average molecular weight is 209 g/mol. The van der Waals surface area contributed by atoms with E-state index in [-0.39, 0.29) is 12.6 Å². The Morgan fingerprint density at radius 3 is 2.54 bits per heavy atom. The minimum Gasteiger partial charge on any atom is -0.395 e. The molecule has 1 rings (SSSR count). The number of nitrogens with zero attached hydrogens (tertiary/aromatic N) is 2. The number of hydrazine groups is 1. The van der Waals surface area contributed by atoms with E-state index in [0.29, 0.717) is 19.6 Å². The molecule has 0 aliphatic carbocycles. The molecular weight excluding hydrogens is 194 g/mol. The molecule has 0 unspecified atom stereocenters. The highest BCUT2D eigenvalue weighted by Crippen LogP contribution is 2.15. The van der Waals surface area contributed by atoms with Gasteiger partial charge >= 0.3 is 0 Å². The zero-order chi connectivity index (χ0) is 10.1. The molecule has 3 N–H and O–H groups in total. The van der Waals surface area contributed by atoms with Gasteiger partial charge in [0.2, 0.25) is 10.0 Å². The molecular formula is C6H15N3O3S. The third-order valence-corrected chi connectivity index (χ3v) is 3.36. The lowest BCUT2D eigenvalue weighted by molar-refractivity contribution is 0.0719. The van der Waals surface area contributed by atoms with Crippen LogP contribution in [0.2, 0.25) is 0 Å². The third-order valence-electron chi connectivity index (χ3n) is 2.13. The van der Waals surface area contributed by atoms with Gasteiger partial charge in [-0.25, -0.2) is 13.4 Å². The monoisotopic (exact) mass is 209 g/mol. The molecule has 0 aromatic heterocycles. The van der Waals surface area contributed by atoms with Gasteiger partial charge in [-0.3, -0.25) is 5.84 Å². The SMILES string of the molecule is CS(=O)(=O)N1CC(N(N)CCO)C1. The number of hydrogen-bond acceptors (Lipinski definition) is 5. The van der Waals surface area contributed by atoms with Crippen LogP contribution >= 0.6 is 0 Å². The van der Waals surface area contributed by atoms with Gasteiger partial charge in [0, 0.05) is 19.6 Å². The topological polar surface area (TPSA) is 86.9 Å². The molecule has 13 heavy (non-hydrogen) atoms. The molecule has 0 saturated carbocycles. The maximum absolute atomic E-state index is 11.0. The van der Waals surface area contributed by atoms with Crippen molar-refractivity contribution in [2.45, 2.75) is 6.04 Å². The van der Waals surface area contributed by atoms with Crippen molar-refractivity contribution in [3.8, 4) is 0 Å². The summed E-state index contributed by atoms with van der Waals surface area (Å²) < 4.78 is 23.3. The van der Waals surface area contributed by atoms with Gasteiger partial charge in [0.05, 0.1) is 18.9 Å². The first-order valence-corrected chi connectivity index (χ1v) is 5.87. The van der Waals surface area contributed by atoms with Crippen LogP contribution in [0, 0.1) is 0 Å². The van der Waals surface area contributed by atoms with Crippen molar-refractivity contribution in [2.24, 2.45) is 5.84 Å². The van der Waals surface area contributed by atoms with Crippen molar-refractivity contribution in [3.05, 3.63) is 0 Å². The first kappa shape index (κ1) is 10.9. The summed E-state index contributed by atoms with van der Waals surface area (Å²) in [5.41, 5.74) is 0. The Kier molecular flexibility index (Phi) is 3.25. The molecule has 0 aromatic rings. The minimum atomic E-state index is -3.06. The predicted molar refractivity (Wildman–Crippen MR) is 48.2 cm³/mol. The fourth-order valence-electron chi connectivity index (χ4n) is 1.20. The normalized spacial score (nSPS) is 20.6. The molecule has 1 aliphatic heterocycles. The fraction of sp³-hybridized carbons (Fsp3) is 1.00. The first-order valence-electron chi connectivity index (χ1n) is 4.02. The van der Waals surface area contributed by atoms with Gasteiger partial charge in [-0.1, -0.05) is 0 Å². The number of hydrogen-bond donors (Lipinski definition) is 2. The van der Waals surface area contributed by atoms with Crippen LogP contribution in [-0.2, 0) is 10.0 Å². The van der Waals surface area contributed by atoms with E-state index in [2.05, 4.69) is 0 Å². The van der Waals surface area contributed by atoms with Gasteiger partial charge in [-0.05, 0) is 0 Å². The first-order chi connectivity index (χ1) is 5.95. The second-order valence-corrected chi connectivity index (χ2v) is 5.18. The number of nitrogens with two attached hydrogens (primary N) is 1. The van der Waals surface area contributed by atoms with Gasteiger partial charge in [0.25, 0.3) is 0 Å². The van der Waals surface area contributed by atoms with Crippen molar-refractivity contribution in [2.75, 3.05) is 32.5 Å². The smallest absolute Gasteiger partial charge is 0.211 e. The van der Waals surface area contributed by atoms with Crippen molar-refractivity contribution in [1.29, 1.82) is 0 Å². The second kappa shape index (κ2) is 3.89. The number of aliphatic hydroxyl groups excluding tert-OH is 1. The highest BCUT2D eigenvalue weighted by molar-refractivity contribution is 7.88. The summed E-state index contributed by atoms with van der Waals surface area (Å²) >= 11 is 0. The lowest BCUT2D eigenvalue weighted by Crippen LogP contribution is -2.63. The Balaban J connectivity index is 2.33. The predicted octanol–water partition coefficient (Wildman–Crippen LogP) is -2.20. The quantitative estimate of drug-likeness (QED) is 0.405. The molecule has 0 bridgehead atoms. The number of rotatable bonds is 4. The molecule has 1 heterocycles. The summed E-state index contributed by atoms with van der Waals surface area (Å²) in [6, 6.07) is 0.0434. The summed E-state index contributed by atoms with van der Waals surface area (Å²) in [5.74, 6) is 5.55. The number of aliphatic hydroxyl groups is 1. The van der Waals surface area contributed by atoms with Gasteiger partial charge in [0.15, 0.2) is 0 Å². The zero-order valence-corrected chi connectivity index (χ0v) is 8.37. The molecule has 1 aliphatic rings. The van der Waals surface area contributed by atoms with Crippen molar-refractivity contribution < 1.29 is 13.5 Å². The van der Waals surface area contributed by atoms with Crippen LogP contribution < -0.4 is 5.84 Å². The van der Waals surface area contributed by atoms with Crippen molar-refractivity contribution in [1.82, 2.24) is 9.31 Å². The summed E-state index contributed by atoms with van der Waals surface area (Å²) in [6.07, 6.45) is 1.18. The van der Waals surface area contributed by atoms with E-state index in [1.807, 2.05) is 0 Å². The maximum atomic E-state index is 11.0. The van der Waals surface area contributed by atoms with Crippen molar-refractivity contribution in [3.63, 3.8) is 0 Å². The van der Waals surface area contributed by atoms with Gasteiger partial charge in [-0.2, -0.15) is 4.31 Å². The van der Waals surface area contributed by atoms with Crippen LogP contribution in [0.3, 0.4) is 0 Å². The Bertz CT molecular complexity index is 260. The summed E-state index contributed by atoms with van der Waals surface area (Å²) in [4.78, 5) is 0. The summed E-state index contributed by atoms with van der Waals surface area (Å²) in [5, 5.41) is 10.1. The van der Waals surface area contributed by atoms with Crippen LogP contribution in [0.4, 0.5) is 0 Å². The Hall–Kier alpha value is -0.210. The Labute approximate surface area is 77.9 Å². The molecule has 1 fully saturated rings. The van der Waals surface area contributed by atoms with Gasteiger partial charge in [-0.15, -0.1) is 0 Å². The highest BCUT2D eigenvalue weighted by atomic mass is 32.2. The van der Waals surface area contributed by atoms with E-state index in [9.17, 15) is 8.42 Å². The number of sulfonamides is 1. The zero-order valence-electron chi connectivity index (χ0n) is 7.55. The van der Waals surface area contributed by atoms with Crippen LogP contribution in [0.5, 0.6) is 0 Å². The molecule has 78 valence electrons. The largest absolute Gasteiger partial charge is 0.395 e. The molecule has 7 heteroatoms. The second-order valence-electron chi connectivity index (χ2n) is 3.20. The summed E-state index contributed by atoms with van der Waals surface area (Å²) in [7, 11) is -3.06. The Morgan fingerprint density at radius 1 is 1.62 bits per heavy atom. The van der Waals surface area contributed by atoms with E-state index >= 15 is 0 Å². The van der Waals surface area contributed by atoms with Crippen LogP contribution in [0.25, 0.3) is 0 Å². The minimum absolute atomic E-state index is 0.00806. The molecule has 0 amide bonds. The lowest BCUT2D eigenvalue weighted by Gasteiger charge is -2.41. The van der Waals surface area contributed by atoms with E-state index in [0.717, 1.165) is 0 Å². The third kappa shape index (κ3) is 2.61. The molecule has 0 spiro atoms. The maximum Gasteiger partial charge on any atom is 0.211 e. The molecule has 0 atom stereocenters. The Morgan fingerprint density at radius 2 is 2.15 bits per heavy atom. The summed E-state index contributed by atoms with van der Waals surface area (Å²) in [6.45, 7) is 1.22. The average Bonchev–Trinajstić information content (AvgIpc) is 1.79. The molecule has 6 nitrogen and oxygen atoms in total. The molecule has 0 radical (unpaired) electrons. The van der Waals surface area contributed by atoms with Crippen LogP contribution in [-0.4, -0.2) is 61.4 Å². The standard InChI is InChI=1S/C6H15N3O3S/c1-13(11,12)8-4-6(5-8)9(7)2-3-10/h6,10H,2-5,7H2,1H3. The van der Waals surface area contributed by atoms with E-state index < -0.39 is 10.0 Å². The van der Waals surface area contributed by atoms with Gasteiger partial charge in [0.1, 0.15) is 0 Å². The lowest BCUT2D eigenvalue weighted by atomic mass is 10.2. The van der Waals surface area contributed by atoms with E-state index in [1.165, 1.54) is 15.6 Å².